The summed E-state index contributed by atoms with van der Waals surface area (Å²) in [5.41, 5.74) is 2.15. The number of carbonyl (C=O) groups is 1. The SMILES string of the molecule is Cc1cc(C(=O)N(Cc2ccsc2)C(C)(C)C)nc(C)n1. The largest absolute Gasteiger partial charge is 0.328 e. The quantitative estimate of drug-likeness (QED) is 0.870. The lowest BCUT2D eigenvalue weighted by molar-refractivity contribution is 0.0552. The van der Waals surface area contributed by atoms with Crippen molar-refractivity contribution in [2.75, 3.05) is 0 Å². The zero-order valence-corrected chi connectivity index (χ0v) is 14.0. The van der Waals surface area contributed by atoms with Gasteiger partial charge in [0.05, 0.1) is 0 Å². The molecule has 2 rings (SSSR count). The minimum absolute atomic E-state index is 0.0534. The Morgan fingerprint density at radius 3 is 2.52 bits per heavy atom. The van der Waals surface area contributed by atoms with Crippen molar-refractivity contribution in [2.24, 2.45) is 0 Å². The van der Waals surface area contributed by atoms with Gasteiger partial charge in [0, 0.05) is 17.8 Å². The van der Waals surface area contributed by atoms with E-state index in [1.54, 1.807) is 17.4 Å². The molecular formula is C16H21N3OS. The maximum Gasteiger partial charge on any atom is 0.273 e. The summed E-state index contributed by atoms with van der Waals surface area (Å²) < 4.78 is 0. The van der Waals surface area contributed by atoms with E-state index in [1.807, 2.05) is 51.0 Å². The number of amides is 1. The Morgan fingerprint density at radius 1 is 1.29 bits per heavy atom. The maximum absolute atomic E-state index is 12.9. The van der Waals surface area contributed by atoms with Gasteiger partial charge < -0.3 is 4.90 Å². The average molecular weight is 303 g/mol. The van der Waals surface area contributed by atoms with Gasteiger partial charge in [-0.3, -0.25) is 4.79 Å². The summed E-state index contributed by atoms with van der Waals surface area (Å²) in [5.74, 6) is 0.574. The predicted octanol–water partition coefficient (Wildman–Crippen LogP) is 3.60. The standard InChI is InChI=1S/C16H21N3OS/c1-11-8-14(18-12(2)17-11)15(20)19(16(3,4)5)9-13-6-7-21-10-13/h6-8,10H,9H2,1-5H3. The first-order valence-corrected chi connectivity index (χ1v) is 7.87. The van der Waals surface area contributed by atoms with Gasteiger partial charge >= 0.3 is 0 Å². The van der Waals surface area contributed by atoms with Crippen molar-refractivity contribution in [3.8, 4) is 0 Å². The molecule has 4 nitrogen and oxygen atoms in total. The van der Waals surface area contributed by atoms with E-state index in [0.29, 0.717) is 18.1 Å². The minimum Gasteiger partial charge on any atom is -0.328 e. The molecule has 0 atom stereocenters. The minimum atomic E-state index is -0.272. The second kappa shape index (κ2) is 5.93. The molecule has 112 valence electrons. The Morgan fingerprint density at radius 2 is 2.00 bits per heavy atom. The number of hydrogen-bond donors (Lipinski definition) is 0. The van der Waals surface area contributed by atoms with Crippen LogP contribution in [-0.4, -0.2) is 26.3 Å². The second-order valence-corrected chi connectivity index (χ2v) is 6.92. The van der Waals surface area contributed by atoms with Gasteiger partial charge in [-0.2, -0.15) is 11.3 Å². The van der Waals surface area contributed by atoms with E-state index in [2.05, 4.69) is 15.3 Å². The van der Waals surface area contributed by atoms with Gasteiger partial charge in [-0.05, 0) is 63.1 Å². The summed E-state index contributed by atoms with van der Waals surface area (Å²) in [6.45, 7) is 10.4. The molecule has 0 saturated carbocycles. The van der Waals surface area contributed by atoms with E-state index in [0.717, 1.165) is 11.3 Å². The van der Waals surface area contributed by atoms with Crippen molar-refractivity contribution < 1.29 is 4.79 Å². The fraction of sp³-hybridized carbons (Fsp3) is 0.438. The molecule has 0 aliphatic rings. The van der Waals surface area contributed by atoms with E-state index in [9.17, 15) is 4.79 Å². The van der Waals surface area contributed by atoms with Gasteiger partial charge in [0.1, 0.15) is 11.5 Å². The molecule has 2 aromatic heterocycles. The van der Waals surface area contributed by atoms with Crippen LogP contribution < -0.4 is 0 Å². The maximum atomic E-state index is 12.9. The fourth-order valence-corrected chi connectivity index (χ4v) is 2.80. The topological polar surface area (TPSA) is 46.1 Å². The van der Waals surface area contributed by atoms with Crippen LogP contribution in [0.5, 0.6) is 0 Å². The highest BCUT2D eigenvalue weighted by Crippen LogP contribution is 2.21. The number of rotatable bonds is 3. The highest BCUT2D eigenvalue weighted by molar-refractivity contribution is 7.07. The van der Waals surface area contributed by atoms with Crippen molar-refractivity contribution in [2.45, 2.75) is 46.7 Å². The molecule has 0 unspecified atom stereocenters. The monoisotopic (exact) mass is 303 g/mol. The van der Waals surface area contributed by atoms with Crippen molar-refractivity contribution in [1.29, 1.82) is 0 Å². The number of thiophene rings is 1. The van der Waals surface area contributed by atoms with Crippen LogP contribution in [0.25, 0.3) is 0 Å². The highest BCUT2D eigenvalue weighted by atomic mass is 32.1. The number of carbonyl (C=O) groups excluding carboxylic acids is 1. The van der Waals surface area contributed by atoms with Crippen molar-refractivity contribution in [3.63, 3.8) is 0 Å². The molecule has 2 aromatic rings. The summed E-state index contributed by atoms with van der Waals surface area (Å²) in [5, 5.41) is 4.10. The van der Waals surface area contributed by atoms with Crippen molar-refractivity contribution in [3.05, 3.63) is 45.7 Å². The Balaban J connectivity index is 2.34. The van der Waals surface area contributed by atoms with Gasteiger partial charge in [0.15, 0.2) is 0 Å². The van der Waals surface area contributed by atoms with Crippen LogP contribution in [0.2, 0.25) is 0 Å². The van der Waals surface area contributed by atoms with Crippen LogP contribution in [-0.2, 0) is 6.54 Å². The lowest BCUT2D eigenvalue weighted by Gasteiger charge is -2.35. The van der Waals surface area contributed by atoms with Crippen LogP contribution in [0.1, 0.15) is 48.3 Å². The van der Waals surface area contributed by atoms with E-state index >= 15 is 0 Å². The van der Waals surface area contributed by atoms with Gasteiger partial charge in [-0.1, -0.05) is 0 Å². The highest BCUT2D eigenvalue weighted by Gasteiger charge is 2.28. The van der Waals surface area contributed by atoms with E-state index in [4.69, 9.17) is 0 Å². The molecule has 0 fully saturated rings. The zero-order chi connectivity index (χ0) is 15.6. The first kappa shape index (κ1) is 15.6. The smallest absolute Gasteiger partial charge is 0.273 e. The number of hydrogen-bond acceptors (Lipinski definition) is 4. The summed E-state index contributed by atoms with van der Waals surface area (Å²) in [4.78, 5) is 23.3. The molecule has 1 amide bonds. The third-order valence-corrected chi connectivity index (χ3v) is 3.89. The van der Waals surface area contributed by atoms with Crippen LogP contribution in [0.3, 0.4) is 0 Å². The lowest BCUT2D eigenvalue weighted by Crippen LogP contribution is -2.45. The third-order valence-electron chi connectivity index (χ3n) is 3.16. The summed E-state index contributed by atoms with van der Waals surface area (Å²) >= 11 is 1.64. The first-order valence-electron chi connectivity index (χ1n) is 6.92. The second-order valence-electron chi connectivity index (χ2n) is 6.14. The molecule has 0 saturated heterocycles. The van der Waals surface area contributed by atoms with E-state index in [-0.39, 0.29) is 11.4 Å². The van der Waals surface area contributed by atoms with Crippen LogP contribution in [0.15, 0.2) is 22.9 Å². The van der Waals surface area contributed by atoms with E-state index < -0.39 is 0 Å². The van der Waals surface area contributed by atoms with Gasteiger partial charge in [-0.15, -0.1) is 0 Å². The van der Waals surface area contributed by atoms with Crippen LogP contribution in [0.4, 0.5) is 0 Å². The molecule has 0 N–H and O–H groups in total. The molecule has 21 heavy (non-hydrogen) atoms. The fourth-order valence-electron chi connectivity index (χ4n) is 2.14. The van der Waals surface area contributed by atoms with Crippen molar-refractivity contribution >= 4 is 17.2 Å². The molecule has 5 heteroatoms. The Labute approximate surface area is 129 Å². The summed E-state index contributed by atoms with van der Waals surface area (Å²) in [6, 6.07) is 3.80. The number of aromatic nitrogens is 2. The van der Waals surface area contributed by atoms with Gasteiger partial charge in [0.2, 0.25) is 0 Å². The Hall–Kier alpha value is -1.75. The zero-order valence-electron chi connectivity index (χ0n) is 13.2. The molecule has 2 heterocycles. The van der Waals surface area contributed by atoms with Crippen LogP contribution in [0, 0.1) is 13.8 Å². The van der Waals surface area contributed by atoms with Crippen LogP contribution >= 0.6 is 11.3 Å². The molecule has 0 aromatic carbocycles. The number of nitrogens with zero attached hydrogens (tertiary/aromatic N) is 3. The average Bonchev–Trinajstić information content (AvgIpc) is 2.85. The van der Waals surface area contributed by atoms with Crippen molar-refractivity contribution in [1.82, 2.24) is 14.9 Å². The van der Waals surface area contributed by atoms with E-state index in [1.165, 1.54) is 0 Å². The molecule has 0 aliphatic heterocycles. The molecule has 0 aliphatic carbocycles. The Bertz CT molecular complexity index is 609. The normalized spacial score (nSPS) is 11.5. The molecular weight excluding hydrogens is 282 g/mol. The van der Waals surface area contributed by atoms with Gasteiger partial charge in [-0.25, -0.2) is 9.97 Å². The Kier molecular flexibility index (Phi) is 4.42. The third kappa shape index (κ3) is 3.88. The van der Waals surface area contributed by atoms with Gasteiger partial charge in [0.25, 0.3) is 5.91 Å². The molecule has 0 radical (unpaired) electrons. The predicted molar refractivity (Wildman–Crippen MR) is 85.5 cm³/mol. The lowest BCUT2D eigenvalue weighted by atomic mass is 10.0. The number of aryl methyl sites for hydroxylation is 2. The molecule has 0 bridgehead atoms. The first-order chi connectivity index (χ1) is 9.77. The summed E-state index contributed by atoms with van der Waals surface area (Å²) in [7, 11) is 0. The molecule has 0 spiro atoms. The summed E-state index contributed by atoms with van der Waals surface area (Å²) in [6.07, 6.45) is 0.